The summed E-state index contributed by atoms with van der Waals surface area (Å²) in [6.45, 7) is 0. The van der Waals surface area contributed by atoms with E-state index < -0.39 is 0 Å². The van der Waals surface area contributed by atoms with Crippen molar-refractivity contribution in [1.82, 2.24) is 0 Å². The van der Waals surface area contributed by atoms with Crippen molar-refractivity contribution in [2.75, 3.05) is 5.75 Å². The molecule has 0 fully saturated rings. The third kappa shape index (κ3) is 3.78. The number of hydrogen-bond donors (Lipinski definition) is 0. The molecule has 0 aromatic heterocycles. The quantitative estimate of drug-likeness (QED) is 0.709. The van der Waals surface area contributed by atoms with Crippen molar-refractivity contribution >= 4 is 33.5 Å². The molecule has 1 aliphatic carbocycles. The molecular formula is C18H17BrOS. The number of rotatable bonds is 5. The van der Waals surface area contributed by atoms with Crippen molar-refractivity contribution in [3.05, 3.63) is 63.6 Å². The predicted molar refractivity (Wildman–Crippen MR) is 92.0 cm³/mol. The van der Waals surface area contributed by atoms with E-state index in [1.807, 2.05) is 24.3 Å². The molecule has 0 radical (unpaired) electrons. The van der Waals surface area contributed by atoms with Gasteiger partial charge >= 0.3 is 0 Å². The summed E-state index contributed by atoms with van der Waals surface area (Å²) < 4.78 is 1.06. The second kappa shape index (κ2) is 6.80. The van der Waals surface area contributed by atoms with Gasteiger partial charge < -0.3 is 0 Å². The molecule has 0 unspecified atom stereocenters. The molecule has 0 heterocycles. The number of fused-ring (bicyclic) bond motifs is 1. The first-order chi connectivity index (χ1) is 10.2. The van der Waals surface area contributed by atoms with Crippen LogP contribution in [0.4, 0.5) is 0 Å². The second-order valence-corrected chi connectivity index (χ2v) is 7.26. The van der Waals surface area contributed by atoms with Crippen LogP contribution in [0.15, 0.2) is 51.8 Å². The Balaban J connectivity index is 1.58. The lowest BCUT2D eigenvalue weighted by Crippen LogP contribution is -2.06. The highest BCUT2D eigenvalue weighted by Gasteiger charge is 2.12. The Morgan fingerprint density at radius 1 is 1.10 bits per heavy atom. The number of carbonyl (C=O) groups excluding carboxylic acids is 1. The van der Waals surface area contributed by atoms with Gasteiger partial charge in [-0.15, -0.1) is 11.8 Å². The Hall–Kier alpha value is -1.06. The van der Waals surface area contributed by atoms with Gasteiger partial charge in [-0.05, 0) is 64.0 Å². The largest absolute Gasteiger partial charge is 0.298 e. The molecule has 0 saturated carbocycles. The fourth-order valence-corrected chi connectivity index (χ4v) is 4.16. The number of carbonyl (C=O) groups is 1. The summed E-state index contributed by atoms with van der Waals surface area (Å²) in [5.74, 6) is 0.813. The number of hydrogen-bond acceptors (Lipinski definition) is 2. The Morgan fingerprint density at radius 2 is 1.90 bits per heavy atom. The highest BCUT2D eigenvalue weighted by atomic mass is 79.9. The van der Waals surface area contributed by atoms with Crippen LogP contribution >= 0.6 is 27.7 Å². The SMILES string of the molecule is O=C(CSc1ccccc1Br)Cc1ccc2c(c1)CCC2. The fourth-order valence-electron chi connectivity index (χ4n) is 2.73. The molecule has 2 aromatic carbocycles. The van der Waals surface area contributed by atoms with E-state index in [0.717, 1.165) is 14.9 Å². The third-order valence-electron chi connectivity index (χ3n) is 3.79. The van der Waals surface area contributed by atoms with E-state index in [0.29, 0.717) is 12.2 Å². The molecular weight excluding hydrogens is 344 g/mol. The van der Waals surface area contributed by atoms with Crippen molar-refractivity contribution in [2.24, 2.45) is 0 Å². The van der Waals surface area contributed by atoms with Gasteiger partial charge in [-0.3, -0.25) is 4.79 Å². The lowest BCUT2D eigenvalue weighted by molar-refractivity contribution is -0.116. The lowest BCUT2D eigenvalue weighted by Gasteiger charge is -2.06. The number of Topliss-reactive ketones (excluding diaryl/α,β-unsaturated/α-hetero) is 1. The highest BCUT2D eigenvalue weighted by Crippen LogP contribution is 2.27. The molecule has 0 N–H and O–H groups in total. The van der Waals surface area contributed by atoms with E-state index in [9.17, 15) is 4.79 Å². The van der Waals surface area contributed by atoms with Crippen LogP contribution in [0.5, 0.6) is 0 Å². The molecule has 1 aliphatic rings. The molecule has 1 nitrogen and oxygen atoms in total. The van der Waals surface area contributed by atoms with Crippen LogP contribution in [0.25, 0.3) is 0 Å². The van der Waals surface area contributed by atoms with E-state index in [2.05, 4.69) is 34.1 Å². The van der Waals surface area contributed by atoms with Gasteiger partial charge in [-0.25, -0.2) is 0 Å². The minimum atomic E-state index is 0.286. The molecule has 108 valence electrons. The zero-order valence-corrected chi connectivity index (χ0v) is 14.2. The smallest absolute Gasteiger partial charge is 0.147 e. The lowest BCUT2D eigenvalue weighted by atomic mass is 10.0. The molecule has 0 amide bonds. The number of benzene rings is 2. The molecule has 0 spiro atoms. The maximum atomic E-state index is 12.2. The Bertz CT molecular complexity index is 666. The summed E-state index contributed by atoms with van der Waals surface area (Å²) in [5.41, 5.74) is 4.07. The first-order valence-electron chi connectivity index (χ1n) is 7.22. The molecule has 0 saturated heterocycles. The maximum absolute atomic E-state index is 12.2. The molecule has 3 heteroatoms. The van der Waals surface area contributed by atoms with Crippen LogP contribution in [-0.4, -0.2) is 11.5 Å². The summed E-state index contributed by atoms with van der Waals surface area (Å²) in [6, 6.07) is 14.6. The second-order valence-electron chi connectivity index (χ2n) is 5.39. The maximum Gasteiger partial charge on any atom is 0.147 e. The zero-order valence-electron chi connectivity index (χ0n) is 11.8. The van der Waals surface area contributed by atoms with E-state index in [1.54, 1.807) is 11.8 Å². The molecule has 0 aliphatic heterocycles. The highest BCUT2D eigenvalue weighted by molar-refractivity contribution is 9.10. The number of ketones is 1. The van der Waals surface area contributed by atoms with Crippen molar-refractivity contribution in [3.8, 4) is 0 Å². The van der Waals surface area contributed by atoms with E-state index in [1.165, 1.54) is 30.4 Å². The van der Waals surface area contributed by atoms with E-state index in [4.69, 9.17) is 0 Å². The van der Waals surface area contributed by atoms with Crippen LogP contribution in [0.2, 0.25) is 0 Å². The summed E-state index contributed by atoms with van der Waals surface area (Å²) in [7, 11) is 0. The van der Waals surface area contributed by atoms with Crippen molar-refractivity contribution in [2.45, 2.75) is 30.6 Å². The average molecular weight is 361 g/mol. The van der Waals surface area contributed by atoms with Crippen LogP contribution in [0.1, 0.15) is 23.1 Å². The van der Waals surface area contributed by atoms with Gasteiger partial charge in [0.25, 0.3) is 0 Å². The Kier molecular flexibility index (Phi) is 4.81. The van der Waals surface area contributed by atoms with Gasteiger partial charge in [0.05, 0.1) is 5.75 Å². The number of halogens is 1. The van der Waals surface area contributed by atoms with Gasteiger partial charge in [0.1, 0.15) is 5.78 Å². The van der Waals surface area contributed by atoms with E-state index >= 15 is 0 Å². The first-order valence-corrected chi connectivity index (χ1v) is 9.00. The molecule has 2 aromatic rings. The predicted octanol–water partition coefficient (Wildman–Crippen LogP) is 4.84. The zero-order chi connectivity index (χ0) is 14.7. The van der Waals surface area contributed by atoms with Gasteiger partial charge in [0.15, 0.2) is 0 Å². The molecule has 0 atom stereocenters. The van der Waals surface area contributed by atoms with E-state index in [-0.39, 0.29) is 5.78 Å². The van der Waals surface area contributed by atoms with Gasteiger partial charge in [-0.2, -0.15) is 0 Å². The van der Waals surface area contributed by atoms with Crippen molar-refractivity contribution in [1.29, 1.82) is 0 Å². The monoisotopic (exact) mass is 360 g/mol. The van der Waals surface area contributed by atoms with Crippen LogP contribution in [0, 0.1) is 0 Å². The van der Waals surface area contributed by atoms with Gasteiger partial charge in [-0.1, -0.05) is 30.3 Å². The number of thioether (sulfide) groups is 1. The Morgan fingerprint density at radius 3 is 2.76 bits per heavy atom. The summed E-state index contributed by atoms with van der Waals surface area (Å²) >= 11 is 5.12. The van der Waals surface area contributed by atoms with Gasteiger partial charge in [0.2, 0.25) is 0 Å². The minimum Gasteiger partial charge on any atom is -0.298 e. The fraction of sp³-hybridized carbons (Fsp3) is 0.278. The summed E-state index contributed by atoms with van der Waals surface area (Å²) in [5, 5.41) is 0. The van der Waals surface area contributed by atoms with Gasteiger partial charge in [0, 0.05) is 15.8 Å². The van der Waals surface area contributed by atoms with Crippen molar-refractivity contribution in [3.63, 3.8) is 0 Å². The van der Waals surface area contributed by atoms with Crippen molar-refractivity contribution < 1.29 is 4.79 Å². The standard InChI is InChI=1S/C18H17BrOS/c19-17-6-1-2-7-18(17)21-12-16(20)11-13-8-9-14-4-3-5-15(14)10-13/h1-2,6-10H,3-5,11-12H2. The molecule has 21 heavy (non-hydrogen) atoms. The summed E-state index contributed by atoms with van der Waals surface area (Å²) in [4.78, 5) is 13.3. The molecule has 3 rings (SSSR count). The minimum absolute atomic E-state index is 0.286. The van der Waals surface area contributed by atoms with Crippen LogP contribution < -0.4 is 0 Å². The van der Waals surface area contributed by atoms with Crippen LogP contribution in [-0.2, 0) is 24.1 Å². The third-order valence-corrected chi connectivity index (χ3v) is 5.88. The molecule has 0 bridgehead atoms. The van der Waals surface area contributed by atoms with Crippen LogP contribution in [0.3, 0.4) is 0 Å². The Labute approximate surface area is 138 Å². The first kappa shape index (κ1) is 14.9. The summed E-state index contributed by atoms with van der Waals surface area (Å²) in [6.07, 6.45) is 4.17. The normalized spacial score (nSPS) is 13.2. The topological polar surface area (TPSA) is 17.1 Å². The average Bonchev–Trinajstić information content (AvgIpc) is 2.94. The number of aryl methyl sites for hydroxylation is 2.